The van der Waals surface area contributed by atoms with Gasteiger partial charge in [-0.25, -0.2) is 4.98 Å². The molecule has 80 valence electrons. The van der Waals surface area contributed by atoms with E-state index in [9.17, 15) is 0 Å². The average molecular weight is 276 g/mol. The van der Waals surface area contributed by atoms with Gasteiger partial charge in [0.25, 0.3) is 0 Å². The predicted octanol–water partition coefficient (Wildman–Crippen LogP) is 2.09. The van der Waals surface area contributed by atoms with Crippen LogP contribution in [0.15, 0.2) is 22.9 Å². The molecule has 2 heterocycles. The number of nitrogens with zero attached hydrogens (tertiary/aromatic N) is 2. The van der Waals surface area contributed by atoms with Crippen molar-refractivity contribution in [1.29, 1.82) is 5.26 Å². The molecular weight excluding hydrogens is 266 g/mol. The van der Waals surface area contributed by atoms with Gasteiger partial charge in [-0.15, -0.1) is 0 Å². The lowest BCUT2D eigenvalue weighted by molar-refractivity contribution is 0.307. The van der Waals surface area contributed by atoms with Crippen LogP contribution < -0.4 is 5.32 Å². The Hall–Kier alpha value is -1.18. The number of halogens is 1. The van der Waals surface area contributed by atoms with Gasteiger partial charge in [0.1, 0.15) is 10.7 Å². The SMILES string of the molecule is N#Cc1cc(C2=CCC3CNC23)cnc1Br. The highest BCUT2D eigenvalue weighted by molar-refractivity contribution is 9.10. The van der Waals surface area contributed by atoms with Gasteiger partial charge in [0.2, 0.25) is 0 Å². The maximum absolute atomic E-state index is 8.96. The minimum Gasteiger partial charge on any atom is -0.309 e. The van der Waals surface area contributed by atoms with E-state index in [1.807, 2.05) is 12.3 Å². The van der Waals surface area contributed by atoms with E-state index in [0.29, 0.717) is 16.2 Å². The first-order valence-electron chi connectivity index (χ1n) is 5.29. The lowest BCUT2D eigenvalue weighted by Crippen LogP contribution is -2.50. The number of rotatable bonds is 1. The molecule has 0 aromatic carbocycles. The summed E-state index contributed by atoms with van der Waals surface area (Å²) in [4.78, 5) is 4.20. The van der Waals surface area contributed by atoms with Crippen LogP contribution in [-0.4, -0.2) is 17.6 Å². The highest BCUT2D eigenvalue weighted by atomic mass is 79.9. The molecule has 0 amide bonds. The summed E-state index contributed by atoms with van der Waals surface area (Å²) in [6, 6.07) is 4.54. The van der Waals surface area contributed by atoms with Crippen LogP contribution >= 0.6 is 15.9 Å². The fraction of sp³-hybridized carbons (Fsp3) is 0.333. The van der Waals surface area contributed by atoms with Gasteiger partial charge >= 0.3 is 0 Å². The zero-order valence-electron chi connectivity index (χ0n) is 8.57. The van der Waals surface area contributed by atoms with Crippen molar-refractivity contribution in [2.75, 3.05) is 6.54 Å². The standard InChI is InChI=1S/C12H10BrN3/c13-12-8(4-14)3-9(6-16-12)10-2-1-7-5-15-11(7)10/h2-3,6-7,11,15H,1,5H2. The Labute approximate surface area is 102 Å². The third-order valence-electron chi connectivity index (χ3n) is 3.34. The molecule has 3 nitrogen and oxygen atoms in total. The van der Waals surface area contributed by atoms with Gasteiger partial charge in [0.15, 0.2) is 0 Å². The first kappa shape index (κ1) is 10.0. The van der Waals surface area contributed by atoms with Gasteiger partial charge in [0, 0.05) is 18.8 Å². The number of fused-ring (bicyclic) bond motifs is 1. The van der Waals surface area contributed by atoms with Gasteiger partial charge in [-0.05, 0) is 45.5 Å². The molecule has 0 radical (unpaired) electrons. The van der Waals surface area contributed by atoms with E-state index >= 15 is 0 Å². The van der Waals surface area contributed by atoms with E-state index in [1.54, 1.807) is 0 Å². The quantitative estimate of drug-likeness (QED) is 0.799. The van der Waals surface area contributed by atoms with Crippen LogP contribution in [0.3, 0.4) is 0 Å². The Balaban J connectivity index is 1.99. The molecule has 1 fully saturated rings. The van der Waals surface area contributed by atoms with E-state index in [1.165, 1.54) is 5.57 Å². The van der Waals surface area contributed by atoms with E-state index in [4.69, 9.17) is 5.26 Å². The van der Waals surface area contributed by atoms with Crippen LogP contribution in [0.2, 0.25) is 0 Å². The highest BCUT2D eigenvalue weighted by Crippen LogP contribution is 2.37. The molecule has 2 aliphatic rings. The number of nitriles is 1. The number of allylic oxidation sites excluding steroid dienone is 1. The summed E-state index contributed by atoms with van der Waals surface area (Å²) in [6.07, 6.45) is 5.24. The van der Waals surface area contributed by atoms with Crippen molar-refractivity contribution < 1.29 is 0 Å². The van der Waals surface area contributed by atoms with Crippen molar-refractivity contribution in [2.24, 2.45) is 5.92 Å². The lowest BCUT2D eigenvalue weighted by Gasteiger charge is -2.34. The van der Waals surface area contributed by atoms with E-state index in [2.05, 4.69) is 38.4 Å². The summed E-state index contributed by atoms with van der Waals surface area (Å²) in [6.45, 7) is 1.11. The first-order chi connectivity index (χ1) is 7.79. The van der Waals surface area contributed by atoms with Crippen molar-refractivity contribution in [1.82, 2.24) is 10.3 Å². The van der Waals surface area contributed by atoms with Gasteiger partial charge in [-0.2, -0.15) is 5.26 Å². The van der Waals surface area contributed by atoms with Crippen LogP contribution in [0.1, 0.15) is 17.5 Å². The molecule has 0 saturated carbocycles. The second-order valence-electron chi connectivity index (χ2n) is 4.22. The predicted molar refractivity (Wildman–Crippen MR) is 64.5 cm³/mol. The fourth-order valence-corrected chi connectivity index (χ4v) is 2.68. The van der Waals surface area contributed by atoms with Crippen molar-refractivity contribution in [3.8, 4) is 6.07 Å². The molecule has 2 unspecified atom stereocenters. The summed E-state index contributed by atoms with van der Waals surface area (Å²) in [5.74, 6) is 0.754. The van der Waals surface area contributed by atoms with Crippen LogP contribution in [0, 0.1) is 17.2 Å². The summed E-state index contributed by atoms with van der Waals surface area (Å²) < 4.78 is 0.621. The second-order valence-corrected chi connectivity index (χ2v) is 4.97. The summed E-state index contributed by atoms with van der Waals surface area (Å²) in [5, 5.41) is 12.4. The number of nitrogens with one attached hydrogen (secondary N) is 1. The molecule has 1 aromatic heterocycles. The van der Waals surface area contributed by atoms with Crippen molar-refractivity contribution in [3.63, 3.8) is 0 Å². The molecule has 1 aliphatic heterocycles. The summed E-state index contributed by atoms with van der Waals surface area (Å²) >= 11 is 3.27. The third kappa shape index (κ3) is 1.40. The molecule has 4 heteroatoms. The van der Waals surface area contributed by atoms with Crippen molar-refractivity contribution in [2.45, 2.75) is 12.5 Å². The smallest absolute Gasteiger partial charge is 0.123 e. The molecule has 1 aromatic rings. The fourth-order valence-electron chi connectivity index (χ4n) is 2.37. The van der Waals surface area contributed by atoms with Crippen LogP contribution in [0.5, 0.6) is 0 Å². The Kier molecular flexibility index (Phi) is 2.31. The molecule has 0 spiro atoms. The number of hydrogen-bond donors (Lipinski definition) is 1. The minimum absolute atomic E-state index is 0.481. The van der Waals surface area contributed by atoms with Crippen LogP contribution in [-0.2, 0) is 0 Å². The average Bonchev–Trinajstić information content (AvgIpc) is 2.54. The zero-order valence-corrected chi connectivity index (χ0v) is 10.2. The Morgan fingerprint density at radius 3 is 3.06 bits per heavy atom. The van der Waals surface area contributed by atoms with Crippen molar-refractivity contribution >= 4 is 21.5 Å². The molecule has 1 saturated heterocycles. The van der Waals surface area contributed by atoms with Gasteiger partial charge < -0.3 is 5.32 Å². The lowest BCUT2D eigenvalue weighted by atomic mass is 9.89. The van der Waals surface area contributed by atoms with Crippen LogP contribution in [0.25, 0.3) is 5.57 Å². The normalized spacial score (nSPS) is 26.6. The molecular formula is C12H10BrN3. The maximum atomic E-state index is 8.96. The van der Waals surface area contributed by atoms with Gasteiger partial charge in [0.05, 0.1) is 5.56 Å². The number of pyridine rings is 1. The largest absolute Gasteiger partial charge is 0.309 e. The first-order valence-corrected chi connectivity index (χ1v) is 6.08. The van der Waals surface area contributed by atoms with E-state index in [0.717, 1.165) is 24.4 Å². The molecule has 16 heavy (non-hydrogen) atoms. The molecule has 2 atom stereocenters. The second kappa shape index (κ2) is 3.69. The zero-order chi connectivity index (χ0) is 11.1. The molecule has 1 N–H and O–H groups in total. The Morgan fingerprint density at radius 2 is 2.44 bits per heavy atom. The number of aromatic nitrogens is 1. The third-order valence-corrected chi connectivity index (χ3v) is 3.97. The topological polar surface area (TPSA) is 48.7 Å². The summed E-state index contributed by atoms with van der Waals surface area (Å²) in [7, 11) is 0. The molecule has 3 rings (SSSR count). The molecule has 0 bridgehead atoms. The Morgan fingerprint density at radius 1 is 1.56 bits per heavy atom. The Bertz CT molecular complexity index is 515. The number of hydrogen-bond acceptors (Lipinski definition) is 3. The van der Waals surface area contributed by atoms with Gasteiger partial charge in [-0.1, -0.05) is 6.08 Å². The van der Waals surface area contributed by atoms with E-state index < -0.39 is 0 Å². The van der Waals surface area contributed by atoms with Crippen molar-refractivity contribution in [3.05, 3.63) is 34.1 Å². The van der Waals surface area contributed by atoms with Gasteiger partial charge in [-0.3, -0.25) is 0 Å². The summed E-state index contributed by atoms with van der Waals surface area (Å²) in [5.41, 5.74) is 2.97. The van der Waals surface area contributed by atoms with Crippen LogP contribution in [0.4, 0.5) is 0 Å². The maximum Gasteiger partial charge on any atom is 0.123 e. The highest BCUT2D eigenvalue weighted by Gasteiger charge is 2.37. The monoisotopic (exact) mass is 275 g/mol. The molecule has 1 aliphatic carbocycles. The van der Waals surface area contributed by atoms with E-state index in [-0.39, 0.29) is 0 Å². The minimum atomic E-state index is 0.481.